The molecule has 1 saturated heterocycles. The van der Waals surface area contributed by atoms with Gasteiger partial charge in [-0.1, -0.05) is 47.5 Å². The van der Waals surface area contributed by atoms with Gasteiger partial charge in [-0.3, -0.25) is 9.69 Å². The van der Waals surface area contributed by atoms with Gasteiger partial charge in [-0.15, -0.1) is 11.8 Å². The van der Waals surface area contributed by atoms with Crippen LogP contribution in [0.3, 0.4) is 0 Å². The van der Waals surface area contributed by atoms with E-state index in [2.05, 4.69) is 31.2 Å². The SMILES string of the molecule is CCOc1cc([C@@H]2SCC(=O)N2c2ccc(Cl)cc2)ccc1OCc1ccc(C)cc1. The molecule has 0 aliphatic carbocycles. The van der Waals surface area contributed by atoms with Crippen molar-refractivity contribution < 1.29 is 14.3 Å². The highest BCUT2D eigenvalue weighted by Gasteiger charge is 2.34. The summed E-state index contributed by atoms with van der Waals surface area (Å²) in [5, 5.41) is 0.521. The number of carbonyl (C=O) groups is 1. The van der Waals surface area contributed by atoms with Gasteiger partial charge in [0, 0.05) is 10.7 Å². The van der Waals surface area contributed by atoms with E-state index in [9.17, 15) is 4.79 Å². The lowest BCUT2D eigenvalue weighted by Crippen LogP contribution is -2.27. The minimum Gasteiger partial charge on any atom is -0.490 e. The molecule has 1 heterocycles. The molecule has 4 nitrogen and oxygen atoms in total. The number of amides is 1. The first kappa shape index (κ1) is 21.6. The minimum atomic E-state index is -0.126. The predicted molar refractivity (Wildman–Crippen MR) is 127 cm³/mol. The molecule has 0 N–H and O–H groups in total. The first-order valence-corrected chi connectivity index (χ1v) is 11.6. The van der Waals surface area contributed by atoms with Crippen molar-refractivity contribution in [3.8, 4) is 11.5 Å². The lowest BCUT2D eigenvalue weighted by atomic mass is 10.1. The highest BCUT2D eigenvalue weighted by atomic mass is 35.5. The maximum atomic E-state index is 12.6. The Morgan fingerprint density at radius 1 is 1.00 bits per heavy atom. The molecule has 0 spiro atoms. The zero-order valence-electron chi connectivity index (χ0n) is 17.5. The highest BCUT2D eigenvalue weighted by molar-refractivity contribution is 8.00. The molecule has 0 radical (unpaired) electrons. The summed E-state index contributed by atoms with van der Waals surface area (Å²) in [6.45, 7) is 5.01. The fourth-order valence-corrected chi connectivity index (χ4v) is 4.76. The average Bonchev–Trinajstić information content (AvgIpc) is 3.16. The zero-order chi connectivity index (χ0) is 21.8. The van der Waals surface area contributed by atoms with Crippen molar-refractivity contribution in [1.29, 1.82) is 0 Å². The van der Waals surface area contributed by atoms with Crippen LogP contribution >= 0.6 is 23.4 Å². The standard InChI is InChI=1S/C25H24ClNO3S/c1-3-29-23-14-19(8-13-22(23)30-15-18-6-4-17(2)5-7-18)25-27(24(28)16-31-25)21-11-9-20(26)10-12-21/h4-14,25H,3,15-16H2,1-2H3/t25-/m0/s1. The van der Waals surface area contributed by atoms with Gasteiger partial charge < -0.3 is 9.47 Å². The Balaban J connectivity index is 1.58. The molecule has 1 atom stereocenters. The molecule has 160 valence electrons. The van der Waals surface area contributed by atoms with E-state index in [-0.39, 0.29) is 11.3 Å². The largest absolute Gasteiger partial charge is 0.490 e. The van der Waals surface area contributed by atoms with Crippen molar-refractivity contribution in [2.45, 2.75) is 25.8 Å². The van der Waals surface area contributed by atoms with Crippen molar-refractivity contribution >= 4 is 35.0 Å². The fourth-order valence-electron chi connectivity index (χ4n) is 3.46. The average molecular weight is 454 g/mol. The Hall–Kier alpha value is -2.63. The van der Waals surface area contributed by atoms with Crippen molar-refractivity contribution in [2.75, 3.05) is 17.3 Å². The summed E-state index contributed by atoms with van der Waals surface area (Å²) in [6, 6.07) is 21.6. The summed E-state index contributed by atoms with van der Waals surface area (Å²) in [7, 11) is 0. The van der Waals surface area contributed by atoms with Crippen LogP contribution in [0.2, 0.25) is 5.02 Å². The molecule has 1 aliphatic heterocycles. The summed E-state index contributed by atoms with van der Waals surface area (Å²) in [6.07, 6.45) is 0. The summed E-state index contributed by atoms with van der Waals surface area (Å²) in [4.78, 5) is 14.4. The number of hydrogen-bond acceptors (Lipinski definition) is 4. The molecule has 1 aliphatic rings. The molecule has 1 amide bonds. The molecule has 4 rings (SSSR count). The molecule has 31 heavy (non-hydrogen) atoms. The number of anilines is 1. The number of thioether (sulfide) groups is 1. The lowest BCUT2D eigenvalue weighted by Gasteiger charge is -2.25. The third-order valence-corrected chi connectivity index (χ3v) is 6.50. The van der Waals surface area contributed by atoms with Crippen LogP contribution in [0.1, 0.15) is 29.0 Å². The summed E-state index contributed by atoms with van der Waals surface area (Å²) >= 11 is 7.63. The Labute approximate surface area is 192 Å². The van der Waals surface area contributed by atoms with Crippen molar-refractivity contribution in [1.82, 2.24) is 0 Å². The number of nitrogens with zero attached hydrogens (tertiary/aromatic N) is 1. The molecule has 1 fully saturated rings. The van der Waals surface area contributed by atoms with Crippen LogP contribution in [0, 0.1) is 6.92 Å². The monoisotopic (exact) mass is 453 g/mol. The van der Waals surface area contributed by atoms with Gasteiger partial charge in [-0.25, -0.2) is 0 Å². The molecule has 6 heteroatoms. The minimum absolute atomic E-state index is 0.0787. The van der Waals surface area contributed by atoms with E-state index in [1.807, 2.05) is 42.2 Å². The molecule has 0 saturated carbocycles. The number of ether oxygens (including phenoxy) is 2. The van der Waals surface area contributed by atoms with E-state index in [0.29, 0.717) is 35.5 Å². The maximum absolute atomic E-state index is 12.6. The van der Waals surface area contributed by atoms with Crippen LogP contribution in [-0.4, -0.2) is 18.3 Å². The number of rotatable bonds is 7. The molecule has 0 aromatic heterocycles. The lowest BCUT2D eigenvalue weighted by molar-refractivity contribution is -0.115. The number of halogens is 1. The van der Waals surface area contributed by atoms with Crippen molar-refractivity contribution in [3.63, 3.8) is 0 Å². The Bertz CT molecular complexity index is 1050. The molecule has 3 aromatic rings. The van der Waals surface area contributed by atoms with Gasteiger partial charge in [-0.2, -0.15) is 0 Å². The smallest absolute Gasteiger partial charge is 0.238 e. The maximum Gasteiger partial charge on any atom is 0.238 e. The number of aryl methyl sites for hydroxylation is 1. The van der Waals surface area contributed by atoms with E-state index in [1.165, 1.54) is 5.56 Å². The van der Waals surface area contributed by atoms with E-state index < -0.39 is 0 Å². The summed E-state index contributed by atoms with van der Waals surface area (Å²) in [5.41, 5.74) is 4.15. The zero-order valence-corrected chi connectivity index (χ0v) is 19.1. The Kier molecular flexibility index (Phi) is 6.73. The van der Waals surface area contributed by atoms with Gasteiger partial charge >= 0.3 is 0 Å². The number of hydrogen-bond donors (Lipinski definition) is 0. The number of benzene rings is 3. The first-order valence-electron chi connectivity index (χ1n) is 10.2. The van der Waals surface area contributed by atoms with Crippen LogP contribution in [0.5, 0.6) is 11.5 Å². The Morgan fingerprint density at radius 2 is 1.74 bits per heavy atom. The molecular formula is C25H24ClNO3S. The fraction of sp³-hybridized carbons (Fsp3) is 0.240. The van der Waals surface area contributed by atoms with E-state index in [0.717, 1.165) is 16.8 Å². The van der Waals surface area contributed by atoms with Crippen molar-refractivity contribution in [2.24, 2.45) is 0 Å². The van der Waals surface area contributed by atoms with E-state index in [4.69, 9.17) is 21.1 Å². The Morgan fingerprint density at radius 3 is 2.45 bits per heavy atom. The molecule has 3 aromatic carbocycles. The third kappa shape index (κ3) is 5.00. The number of carbonyl (C=O) groups excluding carboxylic acids is 1. The first-order chi connectivity index (χ1) is 15.0. The van der Waals surface area contributed by atoms with Crippen LogP contribution in [0.25, 0.3) is 0 Å². The van der Waals surface area contributed by atoms with E-state index in [1.54, 1.807) is 23.9 Å². The summed E-state index contributed by atoms with van der Waals surface area (Å²) < 4.78 is 11.9. The molecule has 0 unspecified atom stereocenters. The second-order valence-corrected chi connectivity index (χ2v) is 8.82. The van der Waals surface area contributed by atoms with Gasteiger partial charge in [0.15, 0.2) is 11.5 Å². The van der Waals surface area contributed by atoms with Crippen molar-refractivity contribution in [3.05, 3.63) is 88.4 Å². The van der Waals surface area contributed by atoms with Gasteiger partial charge in [0.2, 0.25) is 5.91 Å². The highest BCUT2D eigenvalue weighted by Crippen LogP contribution is 2.44. The van der Waals surface area contributed by atoms with Crippen LogP contribution in [0.4, 0.5) is 5.69 Å². The van der Waals surface area contributed by atoms with Crippen LogP contribution < -0.4 is 14.4 Å². The van der Waals surface area contributed by atoms with Gasteiger partial charge in [-0.05, 0) is 61.4 Å². The van der Waals surface area contributed by atoms with Gasteiger partial charge in [0.1, 0.15) is 12.0 Å². The van der Waals surface area contributed by atoms with Crippen LogP contribution in [-0.2, 0) is 11.4 Å². The van der Waals surface area contributed by atoms with Crippen LogP contribution in [0.15, 0.2) is 66.7 Å². The van der Waals surface area contributed by atoms with E-state index >= 15 is 0 Å². The predicted octanol–water partition coefficient (Wildman–Crippen LogP) is 6.40. The van der Waals surface area contributed by atoms with Gasteiger partial charge in [0.25, 0.3) is 0 Å². The summed E-state index contributed by atoms with van der Waals surface area (Å²) in [5.74, 6) is 1.89. The second kappa shape index (κ2) is 9.67. The van der Waals surface area contributed by atoms with Gasteiger partial charge in [0.05, 0.1) is 12.4 Å². The molecule has 0 bridgehead atoms. The second-order valence-electron chi connectivity index (χ2n) is 7.32. The molecular weight excluding hydrogens is 430 g/mol. The topological polar surface area (TPSA) is 38.8 Å². The normalized spacial score (nSPS) is 15.9. The third-order valence-electron chi connectivity index (χ3n) is 5.04. The quantitative estimate of drug-likeness (QED) is 0.414.